The number of carbonyl (C=O) groups excluding carboxylic acids is 1. The van der Waals surface area contributed by atoms with Crippen molar-refractivity contribution in [2.24, 2.45) is 7.05 Å². The van der Waals surface area contributed by atoms with Crippen LogP contribution in [0.2, 0.25) is 0 Å². The minimum atomic E-state index is 0.00755. The summed E-state index contributed by atoms with van der Waals surface area (Å²) in [7, 11) is 1.84. The second kappa shape index (κ2) is 5.57. The molecule has 2 aromatic rings. The lowest BCUT2D eigenvalue weighted by molar-refractivity contribution is -0.116. The maximum Gasteiger partial charge on any atom is 0.226 e. The van der Waals surface area contributed by atoms with Gasteiger partial charge in [-0.15, -0.1) is 6.42 Å². The van der Waals surface area contributed by atoms with Crippen molar-refractivity contribution in [2.75, 3.05) is 11.9 Å². The number of nitrogens with zero attached hydrogens (tertiary/aromatic N) is 2. The number of anilines is 1. The van der Waals surface area contributed by atoms with E-state index < -0.39 is 0 Å². The van der Waals surface area contributed by atoms with E-state index >= 15 is 0 Å². The highest BCUT2D eigenvalue weighted by atomic mass is 16.5. The van der Waals surface area contributed by atoms with Crippen LogP contribution in [0, 0.1) is 19.3 Å². The third-order valence-corrected chi connectivity index (χ3v) is 3.87. The lowest BCUT2D eigenvalue weighted by Gasteiger charge is -2.24. The lowest BCUT2D eigenvalue weighted by atomic mass is 9.86. The molecule has 0 saturated carbocycles. The molecule has 5 nitrogen and oxygen atoms in total. The second-order valence-electron chi connectivity index (χ2n) is 5.34. The molecule has 1 aromatic heterocycles. The maximum absolute atomic E-state index is 12.0. The van der Waals surface area contributed by atoms with Crippen LogP contribution in [0.5, 0.6) is 5.75 Å². The van der Waals surface area contributed by atoms with Crippen LogP contribution in [0.15, 0.2) is 24.3 Å². The number of carbonyl (C=O) groups is 1. The topological polar surface area (TPSA) is 56.1 Å². The summed E-state index contributed by atoms with van der Waals surface area (Å²) in [5.74, 6) is 3.97. The van der Waals surface area contributed by atoms with Gasteiger partial charge in [0.1, 0.15) is 18.2 Å². The average Bonchev–Trinajstić information content (AvgIpc) is 2.79. The first kappa shape index (κ1) is 14.2. The molecule has 1 N–H and O–H groups in total. The van der Waals surface area contributed by atoms with E-state index in [1.807, 2.05) is 38.2 Å². The van der Waals surface area contributed by atoms with Gasteiger partial charge in [-0.2, -0.15) is 5.10 Å². The third-order valence-electron chi connectivity index (χ3n) is 3.87. The molecule has 1 aliphatic heterocycles. The molecule has 0 saturated heterocycles. The van der Waals surface area contributed by atoms with Crippen LogP contribution in [0.25, 0.3) is 0 Å². The van der Waals surface area contributed by atoms with Crippen LogP contribution in [-0.4, -0.2) is 22.3 Å². The number of amides is 1. The van der Waals surface area contributed by atoms with Gasteiger partial charge in [0.05, 0.1) is 5.69 Å². The largest absolute Gasteiger partial charge is 0.481 e. The van der Waals surface area contributed by atoms with E-state index in [0.717, 1.165) is 28.4 Å². The summed E-state index contributed by atoms with van der Waals surface area (Å²) < 4.78 is 7.11. The molecule has 3 rings (SSSR count). The number of terminal acetylenes is 1. The molecule has 1 aliphatic rings. The Balaban J connectivity index is 1.95. The van der Waals surface area contributed by atoms with Gasteiger partial charge >= 0.3 is 0 Å². The molecule has 0 unspecified atom stereocenters. The molecule has 0 aliphatic carbocycles. The number of aromatic nitrogens is 2. The number of hydrogen-bond acceptors (Lipinski definition) is 3. The Morgan fingerprint density at radius 1 is 1.45 bits per heavy atom. The summed E-state index contributed by atoms with van der Waals surface area (Å²) in [4.78, 5) is 12.0. The molecule has 22 heavy (non-hydrogen) atoms. The molecule has 1 amide bonds. The van der Waals surface area contributed by atoms with Crippen molar-refractivity contribution in [1.29, 1.82) is 0 Å². The summed E-state index contributed by atoms with van der Waals surface area (Å²) in [5.41, 5.74) is 3.09. The van der Waals surface area contributed by atoms with E-state index in [4.69, 9.17) is 11.2 Å². The standard InChI is InChI=1S/C17H17N3O2/c1-4-9-22-13-7-5-12(6-8-13)14-10-15(21)18-17-16(14)11(2)19-20(17)3/h1,5-8,14H,9-10H2,2-3H3,(H,18,21)/t14-/m1/s1. The highest BCUT2D eigenvalue weighted by Gasteiger charge is 2.31. The molecular formula is C17H17N3O2. The smallest absolute Gasteiger partial charge is 0.226 e. The Labute approximate surface area is 129 Å². The van der Waals surface area contributed by atoms with Crippen molar-refractivity contribution in [3.63, 3.8) is 0 Å². The zero-order valence-electron chi connectivity index (χ0n) is 12.6. The quantitative estimate of drug-likeness (QED) is 0.883. The van der Waals surface area contributed by atoms with E-state index in [0.29, 0.717) is 6.42 Å². The molecule has 0 bridgehead atoms. The molecular weight excluding hydrogens is 278 g/mol. The summed E-state index contributed by atoms with van der Waals surface area (Å²) in [5, 5.41) is 7.32. The SMILES string of the molecule is C#CCOc1ccc([C@H]2CC(=O)Nc3c2c(C)nn3C)cc1. The minimum absolute atomic E-state index is 0.00755. The van der Waals surface area contributed by atoms with Crippen molar-refractivity contribution in [3.8, 4) is 18.1 Å². The normalized spacial score (nSPS) is 16.6. The number of rotatable bonds is 3. The van der Waals surface area contributed by atoms with Crippen LogP contribution >= 0.6 is 0 Å². The number of benzene rings is 1. The molecule has 1 aromatic carbocycles. The van der Waals surface area contributed by atoms with Gasteiger partial charge in [-0.05, 0) is 24.6 Å². The Hall–Kier alpha value is -2.74. The summed E-state index contributed by atoms with van der Waals surface area (Å²) >= 11 is 0. The van der Waals surface area contributed by atoms with Crippen molar-refractivity contribution < 1.29 is 9.53 Å². The second-order valence-corrected chi connectivity index (χ2v) is 5.34. The third kappa shape index (κ3) is 2.44. The Morgan fingerprint density at radius 3 is 2.86 bits per heavy atom. The Kier molecular flexibility index (Phi) is 3.60. The maximum atomic E-state index is 12.0. The lowest BCUT2D eigenvalue weighted by Crippen LogP contribution is -2.24. The Bertz CT molecular complexity index is 753. The van der Waals surface area contributed by atoms with Gasteiger partial charge in [0.25, 0.3) is 0 Å². The van der Waals surface area contributed by atoms with Gasteiger partial charge in [-0.3, -0.25) is 9.48 Å². The first-order chi connectivity index (χ1) is 10.6. The van der Waals surface area contributed by atoms with Crippen molar-refractivity contribution in [1.82, 2.24) is 9.78 Å². The number of aryl methyl sites for hydroxylation is 2. The zero-order valence-corrected chi connectivity index (χ0v) is 12.6. The first-order valence-corrected chi connectivity index (χ1v) is 7.09. The van der Waals surface area contributed by atoms with Crippen molar-refractivity contribution >= 4 is 11.7 Å². The molecule has 0 fully saturated rings. The van der Waals surface area contributed by atoms with Crippen LogP contribution in [0.3, 0.4) is 0 Å². The number of ether oxygens (including phenoxy) is 1. The minimum Gasteiger partial charge on any atom is -0.481 e. The van der Waals surface area contributed by atoms with Crippen LogP contribution in [-0.2, 0) is 11.8 Å². The summed E-state index contributed by atoms with van der Waals surface area (Å²) in [6.07, 6.45) is 5.60. The highest BCUT2D eigenvalue weighted by molar-refractivity contribution is 5.94. The van der Waals surface area contributed by atoms with Crippen LogP contribution in [0.1, 0.15) is 29.2 Å². The van der Waals surface area contributed by atoms with E-state index in [1.165, 1.54) is 0 Å². The summed E-state index contributed by atoms with van der Waals surface area (Å²) in [6.45, 7) is 2.21. The van der Waals surface area contributed by atoms with Gasteiger partial charge in [0, 0.05) is 24.9 Å². The number of nitrogens with one attached hydrogen (secondary N) is 1. The molecule has 112 valence electrons. The predicted molar refractivity (Wildman–Crippen MR) is 83.8 cm³/mol. The average molecular weight is 295 g/mol. The molecule has 0 spiro atoms. The fourth-order valence-corrected chi connectivity index (χ4v) is 2.92. The fraction of sp³-hybridized carbons (Fsp3) is 0.294. The van der Waals surface area contributed by atoms with E-state index in [2.05, 4.69) is 16.3 Å². The van der Waals surface area contributed by atoms with E-state index in [9.17, 15) is 4.79 Å². The van der Waals surface area contributed by atoms with Gasteiger partial charge < -0.3 is 10.1 Å². The van der Waals surface area contributed by atoms with Gasteiger partial charge in [0.2, 0.25) is 5.91 Å². The van der Waals surface area contributed by atoms with E-state index in [-0.39, 0.29) is 18.4 Å². The Morgan fingerprint density at radius 2 is 2.18 bits per heavy atom. The predicted octanol–water partition coefficient (Wildman–Crippen LogP) is 2.21. The van der Waals surface area contributed by atoms with E-state index in [1.54, 1.807) is 4.68 Å². The molecule has 2 heterocycles. The molecule has 5 heteroatoms. The van der Waals surface area contributed by atoms with Gasteiger partial charge in [0.15, 0.2) is 0 Å². The molecule has 0 radical (unpaired) electrons. The fourth-order valence-electron chi connectivity index (χ4n) is 2.92. The number of hydrogen-bond donors (Lipinski definition) is 1. The monoisotopic (exact) mass is 295 g/mol. The van der Waals surface area contributed by atoms with Crippen molar-refractivity contribution in [3.05, 3.63) is 41.1 Å². The van der Waals surface area contributed by atoms with Crippen molar-refractivity contribution in [2.45, 2.75) is 19.3 Å². The summed E-state index contributed by atoms with van der Waals surface area (Å²) in [6, 6.07) is 7.71. The van der Waals surface area contributed by atoms with Crippen LogP contribution in [0.4, 0.5) is 5.82 Å². The number of fused-ring (bicyclic) bond motifs is 1. The van der Waals surface area contributed by atoms with Crippen LogP contribution < -0.4 is 10.1 Å². The highest BCUT2D eigenvalue weighted by Crippen LogP contribution is 2.39. The first-order valence-electron chi connectivity index (χ1n) is 7.09. The molecule has 1 atom stereocenters. The van der Waals surface area contributed by atoms with Gasteiger partial charge in [-0.1, -0.05) is 18.1 Å². The zero-order chi connectivity index (χ0) is 15.7. The van der Waals surface area contributed by atoms with Gasteiger partial charge in [-0.25, -0.2) is 0 Å².